The highest BCUT2D eigenvalue weighted by molar-refractivity contribution is 5.94. The number of rotatable bonds is 10. The summed E-state index contributed by atoms with van der Waals surface area (Å²) in [6, 6.07) is 11.7. The highest BCUT2D eigenvalue weighted by Gasteiger charge is 2.21. The summed E-state index contributed by atoms with van der Waals surface area (Å²) in [7, 11) is 0. The van der Waals surface area contributed by atoms with Gasteiger partial charge in [-0.05, 0) is 82.6 Å². The molecule has 0 saturated heterocycles. The van der Waals surface area contributed by atoms with Gasteiger partial charge in [0.1, 0.15) is 11.4 Å². The molecular weight excluding hydrogens is 388 g/mol. The van der Waals surface area contributed by atoms with Gasteiger partial charge in [0.2, 0.25) is 0 Å². The fourth-order valence-electron chi connectivity index (χ4n) is 3.75. The van der Waals surface area contributed by atoms with Crippen molar-refractivity contribution in [2.45, 2.75) is 53.5 Å². The normalized spacial score (nSPS) is 12.3. The second-order valence-corrected chi connectivity index (χ2v) is 8.14. The Morgan fingerprint density at radius 2 is 1.97 bits per heavy atom. The Kier molecular flexibility index (Phi) is 7.69. The number of carbonyl (C=O) groups is 1. The number of nitrogens with zero attached hydrogens (tertiary/aromatic N) is 3. The zero-order valence-corrected chi connectivity index (χ0v) is 19.3. The first-order valence-electron chi connectivity index (χ1n) is 11.2. The third-order valence-corrected chi connectivity index (χ3v) is 5.69. The van der Waals surface area contributed by atoms with Crippen LogP contribution in [0.3, 0.4) is 0 Å². The Morgan fingerprint density at radius 3 is 2.65 bits per heavy atom. The van der Waals surface area contributed by atoms with Crippen molar-refractivity contribution >= 4 is 5.91 Å². The number of furan rings is 1. The monoisotopic (exact) mass is 422 g/mol. The summed E-state index contributed by atoms with van der Waals surface area (Å²) in [5.41, 5.74) is 4.23. The predicted octanol–water partition coefficient (Wildman–Crippen LogP) is 4.99. The van der Waals surface area contributed by atoms with Crippen LogP contribution in [0.4, 0.5) is 0 Å². The number of carbonyl (C=O) groups excluding carboxylic acids is 1. The minimum atomic E-state index is -0.124. The Balaban J connectivity index is 1.82. The van der Waals surface area contributed by atoms with Crippen molar-refractivity contribution < 1.29 is 9.21 Å². The molecule has 166 valence electrons. The molecule has 0 saturated carbocycles. The Labute approximate surface area is 185 Å². The molecule has 0 radical (unpaired) electrons. The van der Waals surface area contributed by atoms with Gasteiger partial charge < -0.3 is 14.6 Å². The van der Waals surface area contributed by atoms with E-state index in [4.69, 9.17) is 9.52 Å². The topological polar surface area (TPSA) is 63.3 Å². The molecule has 1 atom stereocenters. The number of nitrogens with one attached hydrogen (secondary N) is 1. The van der Waals surface area contributed by atoms with Crippen LogP contribution >= 0.6 is 0 Å². The fourth-order valence-corrected chi connectivity index (χ4v) is 3.75. The van der Waals surface area contributed by atoms with Gasteiger partial charge in [0, 0.05) is 12.1 Å². The van der Waals surface area contributed by atoms with Gasteiger partial charge in [-0.1, -0.05) is 26.0 Å². The van der Waals surface area contributed by atoms with E-state index in [1.54, 1.807) is 17.0 Å². The van der Waals surface area contributed by atoms with Crippen molar-refractivity contribution in [2.75, 3.05) is 19.6 Å². The van der Waals surface area contributed by atoms with E-state index >= 15 is 0 Å². The van der Waals surface area contributed by atoms with Crippen molar-refractivity contribution in [1.29, 1.82) is 0 Å². The third-order valence-electron chi connectivity index (χ3n) is 5.69. The van der Waals surface area contributed by atoms with Crippen molar-refractivity contribution in [3.63, 3.8) is 0 Å². The van der Waals surface area contributed by atoms with E-state index in [1.165, 1.54) is 0 Å². The number of aryl methyl sites for hydroxylation is 2. The summed E-state index contributed by atoms with van der Waals surface area (Å²) in [5, 5.41) is 7.88. The molecule has 31 heavy (non-hydrogen) atoms. The molecule has 3 rings (SSSR count). The maximum atomic E-state index is 13.2. The summed E-state index contributed by atoms with van der Waals surface area (Å²) in [5.74, 6) is 0.520. The van der Waals surface area contributed by atoms with E-state index in [1.807, 2.05) is 26.0 Å². The Bertz CT molecular complexity index is 987. The minimum Gasteiger partial charge on any atom is -0.463 e. The number of benzene rings is 1. The summed E-state index contributed by atoms with van der Waals surface area (Å²) >= 11 is 0. The molecular formula is C25H34N4O2. The molecule has 3 aromatic rings. The van der Waals surface area contributed by atoms with Crippen molar-refractivity contribution in [3.8, 4) is 17.1 Å². The van der Waals surface area contributed by atoms with Gasteiger partial charge in [-0.3, -0.25) is 4.79 Å². The average molecular weight is 423 g/mol. The SMILES string of the molecule is CCN(CC)CCCC(C)NC(=O)c1cc(-c2ccco2)nn1-c1cc(C)ccc1C. The predicted molar refractivity (Wildman–Crippen MR) is 125 cm³/mol. The molecule has 6 nitrogen and oxygen atoms in total. The smallest absolute Gasteiger partial charge is 0.270 e. The lowest BCUT2D eigenvalue weighted by molar-refractivity contribution is 0.0929. The van der Waals surface area contributed by atoms with Crippen LogP contribution in [-0.2, 0) is 0 Å². The molecule has 0 bridgehead atoms. The van der Waals surface area contributed by atoms with E-state index in [2.05, 4.69) is 49.2 Å². The number of hydrogen-bond acceptors (Lipinski definition) is 4. The van der Waals surface area contributed by atoms with Gasteiger partial charge >= 0.3 is 0 Å². The summed E-state index contributed by atoms with van der Waals surface area (Å²) in [6.07, 6.45) is 3.60. The molecule has 0 spiro atoms. The number of amides is 1. The molecule has 1 amide bonds. The van der Waals surface area contributed by atoms with Gasteiger partial charge in [0.15, 0.2) is 5.76 Å². The zero-order chi connectivity index (χ0) is 22.4. The zero-order valence-electron chi connectivity index (χ0n) is 19.3. The van der Waals surface area contributed by atoms with Crippen LogP contribution in [0.2, 0.25) is 0 Å². The van der Waals surface area contributed by atoms with Crippen molar-refractivity contribution in [2.24, 2.45) is 0 Å². The van der Waals surface area contributed by atoms with Gasteiger partial charge in [0.25, 0.3) is 5.91 Å². The maximum absolute atomic E-state index is 13.2. The molecule has 6 heteroatoms. The lowest BCUT2D eigenvalue weighted by Crippen LogP contribution is -2.34. The second-order valence-electron chi connectivity index (χ2n) is 8.14. The van der Waals surface area contributed by atoms with Gasteiger partial charge in [-0.25, -0.2) is 4.68 Å². The quantitative estimate of drug-likeness (QED) is 0.500. The molecule has 0 aliphatic carbocycles. The van der Waals surface area contributed by atoms with E-state index in [9.17, 15) is 4.79 Å². The Morgan fingerprint density at radius 1 is 1.19 bits per heavy atom. The van der Waals surface area contributed by atoms with Crippen LogP contribution in [0, 0.1) is 13.8 Å². The number of aromatic nitrogens is 2. The van der Waals surface area contributed by atoms with Gasteiger partial charge in [0.05, 0.1) is 12.0 Å². The first-order chi connectivity index (χ1) is 14.9. The fraction of sp³-hybridized carbons (Fsp3) is 0.440. The molecule has 1 N–H and O–H groups in total. The first kappa shape index (κ1) is 22.8. The molecule has 0 fully saturated rings. The van der Waals surface area contributed by atoms with Crippen molar-refractivity contribution in [1.82, 2.24) is 20.0 Å². The summed E-state index contributed by atoms with van der Waals surface area (Å²) in [6.45, 7) is 13.7. The second kappa shape index (κ2) is 10.4. The van der Waals surface area contributed by atoms with Gasteiger partial charge in [-0.15, -0.1) is 0 Å². The van der Waals surface area contributed by atoms with Crippen LogP contribution in [0.15, 0.2) is 47.1 Å². The molecule has 2 aromatic heterocycles. The van der Waals surface area contributed by atoms with Crippen LogP contribution < -0.4 is 5.32 Å². The van der Waals surface area contributed by atoms with Crippen molar-refractivity contribution in [3.05, 3.63) is 59.5 Å². The van der Waals surface area contributed by atoms with E-state index < -0.39 is 0 Å². The van der Waals surface area contributed by atoms with E-state index in [0.717, 1.165) is 49.3 Å². The summed E-state index contributed by atoms with van der Waals surface area (Å²) in [4.78, 5) is 15.6. The standard InChI is InChI=1S/C25H34N4O2/c1-6-28(7-2)14-8-10-20(5)26-25(30)23-17-21(24-11-9-15-31-24)27-29(23)22-16-18(3)12-13-19(22)4/h9,11-13,15-17,20H,6-8,10,14H2,1-5H3,(H,26,30). The Hall–Kier alpha value is -2.86. The molecule has 0 aliphatic rings. The maximum Gasteiger partial charge on any atom is 0.270 e. The van der Waals surface area contributed by atoms with E-state index in [-0.39, 0.29) is 11.9 Å². The molecule has 1 aromatic carbocycles. The number of hydrogen-bond donors (Lipinski definition) is 1. The first-order valence-corrected chi connectivity index (χ1v) is 11.2. The third kappa shape index (κ3) is 5.64. The lowest BCUT2D eigenvalue weighted by atomic mass is 10.1. The van der Waals surface area contributed by atoms with Crippen LogP contribution in [0.1, 0.15) is 55.2 Å². The molecule has 2 heterocycles. The average Bonchev–Trinajstić information content (AvgIpc) is 3.43. The minimum absolute atomic E-state index is 0.0806. The van der Waals surface area contributed by atoms with Crippen LogP contribution in [0.25, 0.3) is 17.1 Å². The van der Waals surface area contributed by atoms with Crippen LogP contribution in [0.5, 0.6) is 0 Å². The highest BCUT2D eigenvalue weighted by atomic mass is 16.3. The largest absolute Gasteiger partial charge is 0.463 e. The lowest BCUT2D eigenvalue weighted by Gasteiger charge is -2.20. The summed E-state index contributed by atoms with van der Waals surface area (Å²) < 4.78 is 7.26. The van der Waals surface area contributed by atoms with E-state index in [0.29, 0.717) is 17.1 Å². The van der Waals surface area contributed by atoms with Crippen LogP contribution in [-0.4, -0.2) is 46.3 Å². The highest BCUT2D eigenvalue weighted by Crippen LogP contribution is 2.24. The molecule has 1 unspecified atom stereocenters. The van der Waals surface area contributed by atoms with Gasteiger partial charge in [-0.2, -0.15) is 5.10 Å². The molecule has 0 aliphatic heterocycles.